The Kier molecular flexibility index (Phi) is 13.7. The molecular weight excluding hydrogens is 648 g/mol. The number of ether oxygens (including phenoxy) is 5. The fourth-order valence-electron chi connectivity index (χ4n) is 5.45. The van der Waals surface area contributed by atoms with E-state index in [1.165, 1.54) is 0 Å². The van der Waals surface area contributed by atoms with E-state index in [2.05, 4.69) is 10.6 Å². The van der Waals surface area contributed by atoms with Crippen molar-refractivity contribution in [1.29, 1.82) is 0 Å². The molecule has 0 aromatic heterocycles. The van der Waals surface area contributed by atoms with E-state index in [9.17, 15) is 70.6 Å². The molecule has 3 aliphatic rings. The van der Waals surface area contributed by atoms with Gasteiger partial charge in [0, 0.05) is 13.3 Å². The van der Waals surface area contributed by atoms with Crippen LogP contribution in [-0.4, -0.2) is 203 Å². The fraction of sp³-hybridized carbons (Fsp3) is 0.880. The highest BCUT2D eigenvalue weighted by molar-refractivity contribution is 5.78. The van der Waals surface area contributed by atoms with Crippen molar-refractivity contribution < 1.29 is 99.3 Å². The van der Waals surface area contributed by atoms with Crippen LogP contribution in [0.4, 0.5) is 0 Å². The second-order valence-corrected chi connectivity index (χ2v) is 11.3. The zero-order valence-electron chi connectivity index (χ0n) is 24.8. The summed E-state index contributed by atoms with van der Waals surface area (Å²) in [6.07, 6.45) is -25.6. The molecule has 2 amide bonds. The van der Waals surface area contributed by atoms with Crippen LogP contribution in [0.2, 0.25) is 0 Å². The van der Waals surface area contributed by atoms with Crippen LogP contribution in [0.1, 0.15) is 13.3 Å². The monoisotopic (exact) mass is 690 g/mol. The predicted octanol–water partition coefficient (Wildman–Crippen LogP) is -9.11. The molecule has 0 spiro atoms. The average molecular weight is 691 g/mol. The molecule has 22 heteroatoms. The smallest absolute Gasteiger partial charge is 0.364 e. The first-order valence-corrected chi connectivity index (χ1v) is 14.4. The Morgan fingerprint density at radius 1 is 0.894 bits per heavy atom. The lowest BCUT2D eigenvalue weighted by atomic mass is 9.88. The van der Waals surface area contributed by atoms with Crippen molar-refractivity contribution in [2.45, 2.75) is 111 Å². The largest absolute Gasteiger partial charge is 0.477 e. The summed E-state index contributed by atoms with van der Waals surface area (Å²) in [6, 6.07) is -3.15. The van der Waals surface area contributed by atoms with Crippen molar-refractivity contribution in [2.24, 2.45) is 0 Å². The zero-order valence-corrected chi connectivity index (χ0v) is 24.8. The van der Waals surface area contributed by atoms with Gasteiger partial charge in [-0.3, -0.25) is 9.59 Å². The lowest BCUT2D eigenvalue weighted by Gasteiger charge is -2.48. The molecule has 0 aromatic rings. The van der Waals surface area contributed by atoms with E-state index in [1.807, 2.05) is 0 Å². The van der Waals surface area contributed by atoms with Gasteiger partial charge in [0.25, 0.3) is 5.79 Å². The number of carboxylic acid groups (broad SMARTS) is 1. The third-order valence-electron chi connectivity index (χ3n) is 7.97. The molecule has 0 aromatic carbocycles. The highest BCUT2D eigenvalue weighted by Crippen LogP contribution is 2.35. The Morgan fingerprint density at radius 3 is 2.11 bits per heavy atom. The van der Waals surface area contributed by atoms with E-state index in [4.69, 9.17) is 28.8 Å². The van der Waals surface area contributed by atoms with Gasteiger partial charge in [-0.15, -0.1) is 0 Å². The van der Waals surface area contributed by atoms with Gasteiger partial charge in [0.05, 0.1) is 32.0 Å². The Balaban J connectivity index is 1.85. The van der Waals surface area contributed by atoms with E-state index in [1.54, 1.807) is 0 Å². The minimum atomic E-state index is -2.91. The molecule has 3 heterocycles. The second kappa shape index (κ2) is 16.4. The molecule has 3 rings (SSSR count). The topological polar surface area (TPSA) is 364 Å². The number of aliphatic carboxylic acids is 1. The van der Waals surface area contributed by atoms with Crippen molar-refractivity contribution in [3.63, 3.8) is 0 Å². The lowest BCUT2D eigenvalue weighted by molar-refractivity contribution is -0.356. The Labute approximate surface area is 265 Å². The Hall–Kier alpha value is -2.23. The quantitative estimate of drug-likeness (QED) is 0.0852. The van der Waals surface area contributed by atoms with Crippen LogP contribution in [0.3, 0.4) is 0 Å². The molecular formula is C25H42N2O20. The van der Waals surface area contributed by atoms with Crippen molar-refractivity contribution in [1.82, 2.24) is 10.6 Å². The van der Waals surface area contributed by atoms with Crippen LogP contribution in [0, 0.1) is 0 Å². The summed E-state index contributed by atoms with van der Waals surface area (Å²) in [5.41, 5.74) is 0. The van der Waals surface area contributed by atoms with Crippen LogP contribution in [0.15, 0.2) is 0 Å². The number of aliphatic hydroxyl groups excluding tert-OH is 11. The third kappa shape index (κ3) is 8.69. The third-order valence-corrected chi connectivity index (χ3v) is 7.97. The second-order valence-electron chi connectivity index (χ2n) is 11.3. The minimum Gasteiger partial charge on any atom is -0.477 e. The van der Waals surface area contributed by atoms with Crippen LogP contribution in [-0.2, 0) is 38.1 Å². The number of carbonyl (C=O) groups excluding carboxylic acids is 2. The molecule has 22 nitrogen and oxygen atoms in total. The van der Waals surface area contributed by atoms with Gasteiger partial charge >= 0.3 is 5.97 Å². The maximum atomic E-state index is 12.4. The molecule has 14 N–H and O–H groups in total. The van der Waals surface area contributed by atoms with Gasteiger partial charge in [-0.25, -0.2) is 4.79 Å². The summed E-state index contributed by atoms with van der Waals surface area (Å²) in [5, 5.41) is 126. The van der Waals surface area contributed by atoms with Gasteiger partial charge in [-0.1, -0.05) is 0 Å². The molecule has 0 saturated carbocycles. The number of hydrogen-bond donors (Lipinski definition) is 14. The summed E-state index contributed by atoms with van der Waals surface area (Å²) in [4.78, 5) is 36.0. The lowest BCUT2D eigenvalue weighted by Crippen LogP contribution is -2.69. The number of carbonyl (C=O) groups is 3. The van der Waals surface area contributed by atoms with Crippen LogP contribution in [0.5, 0.6) is 0 Å². The minimum absolute atomic E-state index is 0.713. The van der Waals surface area contributed by atoms with Crippen molar-refractivity contribution in [3.8, 4) is 0 Å². The number of nitrogens with one attached hydrogen (secondary N) is 2. The van der Waals surface area contributed by atoms with Gasteiger partial charge < -0.3 is 95.6 Å². The molecule has 3 fully saturated rings. The molecule has 0 bridgehead atoms. The number of amides is 2. The first-order valence-electron chi connectivity index (χ1n) is 14.4. The fourth-order valence-corrected chi connectivity index (χ4v) is 5.45. The van der Waals surface area contributed by atoms with E-state index in [0.29, 0.717) is 0 Å². The van der Waals surface area contributed by atoms with Crippen LogP contribution in [0.25, 0.3) is 0 Å². The maximum absolute atomic E-state index is 12.4. The highest BCUT2D eigenvalue weighted by atomic mass is 16.8. The molecule has 47 heavy (non-hydrogen) atoms. The highest BCUT2D eigenvalue weighted by Gasteiger charge is 2.57. The van der Waals surface area contributed by atoms with Crippen molar-refractivity contribution >= 4 is 17.8 Å². The summed E-state index contributed by atoms with van der Waals surface area (Å²) in [6.45, 7) is -2.93. The normalized spacial score (nSPS) is 42.3. The van der Waals surface area contributed by atoms with Gasteiger partial charge in [0.2, 0.25) is 11.8 Å². The first-order chi connectivity index (χ1) is 22.0. The van der Waals surface area contributed by atoms with Gasteiger partial charge in [0.15, 0.2) is 12.6 Å². The van der Waals surface area contributed by atoms with E-state index < -0.39 is 148 Å². The van der Waals surface area contributed by atoms with E-state index in [0.717, 1.165) is 6.92 Å². The number of hydrogen-bond acceptors (Lipinski definition) is 19. The maximum Gasteiger partial charge on any atom is 0.364 e. The SMILES string of the molecule is CC(=O)N[C@H]1C(O)O[C@H](CO)[C@H](O)[C@@H]1O[C@@H]1O[C@H](COC2(C(=O)O)C[C@H](O)[C@@H](NC(=O)CO)[C@H]([C@H](O)[C@H](O)CO)O2)[C@H](O)[C@H](O)[C@H]1O. The summed E-state index contributed by atoms with van der Waals surface area (Å²) < 4.78 is 27.1. The van der Waals surface area contributed by atoms with E-state index >= 15 is 0 Å². The van der Waals surface area contributed by atoms with Gasteiger partial charge in [-0.2, -0.15) is 0 Å². The summed E-state index contributed by atoms with van der Waals surface area (Å²) in [5.74, 6) is -6.63. The molecule has 0 aliphatic carbocycles. The number of rotatable bonds is 13. The number of aliphatic hydroxyl groups is 11. The van der Waals surface area contributed by atoms with Gasteiger partial charge in [0.1, 0.15) is 73.7 Å². The number of carboxylic acids is 1. The summed E-state index contributed by atoms with van der Waals surface area (Å²) >= 11 is 0. The standard InChI is InChI=1S/C25H42N2O20/c1-7(31)26-14-20(17(37)10(4-29)44-22(14)40)46-23-19(39)18(38)16(36)11(45-23)6-43-25(24(41)42)2-8(32)13(27-12(34)5-30)21(47-25)15(35)9(33)3-28/h8-11,13-23,28-30,32-33,35-40H,2-6H2,1H3,(H,26,31)(H,27,34)(H,41,42)/t8-,9+,10+,11+,13+,14+,15+,16-,17-,18-,19+,20+,21+,22?,23-,25?/m0/s1. The predicted molar refractivity (Wildman–Crippen MR) is 143 cm³/mol. The van der Waals surface area contributed by atoms with Crippen LogP contribution >= 0.6 is 0 Å². The molecule has 3 saturated heterocycles. The van der Waals surface area contributed by atoms with Crippen LogP contribution < -0.4 is 10.6 Å². The Morgan fingerprint density at radius 2 is 1.55 bits per heavy atom. The molecule has 3 aliphatic heterocycles. The zero-order chi connectivity index (χ0) is 35.4. The molecule has 272 valence electrons. The molecule has 16 atom stereocenters. The molecule has 2 unspecified atom stereocenters. The first kappa shape index (κ1) is 39.2. The Bertz CT molecular complexity index is 1070. The van der Waals surface area contributed by atoms with Gasteiger partial charge in [-0.05, 0) is 0 Å². The average Bonchev–Trinajstić information content (AvgIpc) is 3.03. The molecule has 0 radical (unpaired) electrons. The summed E-state index contributed by atoms with van der Waals surface area (Å²) in [7, 11) is 0. The van der Waals surface area contributed by atoms with Crippen molar-refractivity contribution in [3.05, 3.63) is 0 Å². The van der Waals surface area contributed by atoms with E-state index in [-0.39, 0.29) is 0 Å². The van der Waals surface area contributed by atoms with Crippen molar-refractivity contribution in [2.75, 3.05) is 26.4 Å².